The topological polar surface area (TPSA) is 45.8 Å². The summed E-state index contributed by atoms with van der Waals surface area (Å²) in [6.45, 7) is 2.01. The van der Waals surface area contributed by atoms with Gasteiger partial charge in [-0.1, -0.05) is 18.7 Å². The summed E-state index contributed by atoms with van der Waals surface area (Å²) in [7, 11) is 0. The lowest BCUT2D eigenvalue weighted by atomic mass is 10.7. The molecule has 0 unspecified atom stereocenters. The lowest BCUT2D eigenvalue weighted by Crippen LogP contribution is -2.04. The molecule has 10 heavy (non-hydrogen) atoms. The molecule has 0 aliphatic carbocycles. The van der Waals surface area contributed by atoms with E-state index in [9.17, 15) is 4.79 Å². The average Bonchev–Trinajstić information content (AvgIpc) is 1.88. The number of nitrogens with zero attached hydrogens (tertiary/aromatic N) is 1. The maximum absolute atomic E-state index is 10.7. The third-order valence-electron chi connectivity index (χ3n) is 0.929. The van der Waals surface area contributed by atoms with Crippen LogP contribution < -0.4 is 5.56 Å². The second kappa shape index (κ2) is 3.41. The molecule has 0 saturated heterocycles. The third kappa shape index (κ3) is 1.88. The quantitative estimate of drug-likeness (QED) is 0.510. The van der Waals surface area contributed by atoms with Crippen LogP contribution in [0.4, 0.5) is 0 Å². The SMILES string of the molecule is CCSc1nccc(=O)[nH]1. The Balaban J connectivity index is 2.85. The molecule has 0 atom stereocenters. The molecule has 0 aliphatic rings. The molecule has 0 aromatic carbocycles. The summed E-state index contributed by atoms with van der Waals surface area (Å²) in [5, 5.41) is 0.690. The van der Waals surface area contributed by atoms with Crippen molar-refractivity contribution in [3.63, 3.8) is 0 Å². The van der Waals surface area contributed by atoms with Crippen LogP contribution in [0.2, 0.25) is 0 Å². The van der Waals surface area contributed by atoms with Crippen LogP contribution in [-0.2, 0) is 0 Å². The van der Waals surface area contributed by atoms with Crippen LogP contribution in [0.25, 0.3) is 0 Å². The van der Waals surface area contributed by atoms with Gasteiger partial charge >= 0.3 is 0 Å². The van der Waals surface area contributed by atoms with E-state index in [1.165, 1.54) is 24.0 Å². The van der Waals surface area contributed by atoms with Gasteiger partial charge < -0.3 is 4.98 Å². The highest BCUT2D eigenvalue weighted by Gasteiger charge is 1.90. The van der Waals surface area contributed by atoms with Crippen LogP contribution in [0.3, 0.4) is 0 Å². The Morgan fingerprint density at radius 1 is 1.80 bits per heavy atom. The van der Waals surface area contributed by atoms with E-state index in [0.29, 0.717) is 5.16 Å². The largest absolute Gasteiger partial charge is 0.301 e. The molecule has 1 N–H and O–H groups in total. The minimum Gasteiger partial charge on any atom is -0.301 e. The van der Waals surface area contributed by atoms with Gasteiger partial charge in [0.15, 0.2) is 5.16 Å². The van der Waals surface area contributed by atoms with Crippen LogP contribution in [0.15, 0.2) is 22.2 Å². The highest BCUT2D eigenvalue weighted by molar-refractivity contribution is 7.99. The van der Waals surface area contributed by atoms with E-state index in [-0.39, 0.29) is 5.56 Å². The number of thioether (sulfide) groups is 1. The standard InChI is InChI=1S/C6H8N2OS/c1-2-10-6-7-4-3-5(9)8-6/h3-4H,2H2,1H3,(H,7,8,9). The summed E-state index contributed by atoms with van der Waals surface area (Å²) in [4.78, 5) is 17.2. The van der Waals surface area contributed by atoms with Gasteiger partial charge in [-0.15, -0.1) is 0 Å². The molecule has 1 aromatic rings. The first-order chi connectivity index (χ1) is 4.83. The highest BCUT2D eigenvalue weighted by atomic mass is 32.2. The molecule has 0 aliphatic heterocycles. The van der Waals surface area contributed by atoms with Gasteiger partial charge in [0, 0.05) is 12.3 Å². The minimum absolute atomic E-state index is 0.0917. The van der Waals surface area contributed by atoms with Gasteiger partial charge in [-0.2, -0.15) is 0 Å². The van der Waals surface area contributed by atoms with Gasteiger partial charge in [-0.3, -0.25) is 4.79 Å². The van der Waals surface area contributed by atoms with Crippen molar-refractivity contribution in [3.8, 4) is 0 Å². The predicted molar refractivity (Wildman–Crippen MR) is 41.3 cm³/mol. The van der Waals surface area contributed by atoms with Crippen molar-refractivity contribution in [2.75, 3.05) is 5.75 Å². The Labute approximate surface area is 62.9 Å². The normalized spacial score (nSPS) is 9.70. The molecule has 0 spiro atoms. The third-order valence-corrected chi connectivity index (χ3v) is 1.70. The van der Waals surface area contributed by atoms with Crippen molar-refractivity contribution in [3.05, 3.63) is 22.6 Å². The summed E-state index contributed by atoms with van der Waals surface area (Å²) >= 11 is 1.52. The lowest BCUT2D eigenvalue weighted by molar-refractivity contribution is 0.937. The Kier molecular flexibility index (Phi) is 2.50. The van der Waals surface area contributed by atoms with Gasteiger partial charge in [-0.05, 0) is 5.75 Å². The Bertz CT molecular complexity index is 258. The van der Waals surface area contributed by atoms with Crippen molar-refractivity contribution >= 4 is 11.8 Å². The zero-order chi connectivity index (χ0) is 7.40. The van der Waals surface area contributed by atoms with Crippen LogP contribution in [-0.4, -0.2) is 15.7 Å². The van der Waals surface area contributed by atoms with E-state index in [4.69, 9.17) is 0 Å². The molecule has 0 saturated carbocycles. The molecular formula is C6H8N2OS. The molecule has 3 nitrogen and oxygen atoms in total. The van der Waals surface area contributed by atoms with Crippen molar-refractivity contribution < 1.29 is 0 Å². The molecule has 0 radical (unpaired) electrons. The fourth-order valence-electron chi connectivity index (χ4n) is 0.562. The zero-order valence-corrected chi connectivity index (χ0v) is 6.44. The maximum Gasteiger partial charge on any atom is 0.251 e. The van der Waals surface area contributed by atoms with E-state index in [1.54, 1.807) is 0 Å². The molecule has 0 fully saturated rings. The number of hydrogen-bond donors (Lipinski definition) is 1. The summed E-state index contributed by atoms with van der Waals surface area (Å²) < 4.78 is 0. The van der Waals surface area contributed by atoms with Crippen molar-refractivity contribution in [2.24, 2.45) is 0 Å². The number of aromatic amines is 1. The monoisotopic (exact) mass is 156 g/mol. The molecule has 4 heteroatoms. The number of aromatic nitrogens is 2. The van der Waals surface area contributed by atoms with Crippen molar-refractivity contribution in [2.45, 2.75) is 12.1 Å². The molecule has 1 rings (SSSR count). The fraction of sp³-hybridized carbons (Fsp3) is 0.333. The summed E-state index contributed by atoms with van der Waals surface area (Å²) in [6.07, 6.45) is 1.51. The smallest absolute Gasteiger partial charge is 0.251 e. The van der Waals surface area contributed by atoms with E-state index < -0.39 is 0 Å². The lowest BCUT2D eigenvalue weighted by Gasteiger charge is -1.92. The Morgan fingerprint density at radius 3 is 3.20 bits per heavy atom. The highest BCUT2D eigenvalue weighted by Crippen LogP contribution is 2.07. The average molecular weight is 156 g/mol. The zero-order valence-electron chi connectivity index (χ0n) is 5.63. The fourth-order valence-corrected chi connectivity index (χ4v) is 1.14. The van der Waals surface area contributed by atoms with E-state index in [0.717, 1.165) is 5.75 Å². The first-order valence-electron chi connectivity index (χ1n) is 3.01. The van der Waals surface area contributed by atoms with E-state index in [1.807, 2.05) is 6.92 Å². The van der Waals surface area contributed by atoms with Crippen LogP contribution >= 0.6 is 11.8 Å². The summed E-state index contributed by atoms with van der Waals surface area (Å²) in [5.74, 6) is 0.924. The predicted octanol–water partition coefficient (Wildman–Crippen LogP) is 0.882. The van der Waals surface area contributed by atoms with Gasteiger partial charge in [-0.25, -0.2) is 4.98 Å². The summed E-state index contributed by atoms with van der Waals surface area (Å²) in [6, 6.07) is 1.40. The van der Waals surface area contributed by atoms with Gasteiger partial charge in [0.25, 0.3) is 5.56 Å². The number of rotatable bonds is 2. The van der Waals surface area contributed by atoms with Gasteiger partial charge in [0.05, 0.1) is 0 Å². The molecular weight excluding hydrogens is 148 g/mol. The van der Waals surface area contributed by atoms with Crippen LogP contribution in [0, 0.1) is 0 Å². The first kappa shape index (κ1) is 7.34. The second-order valence-electron chi connectivity index (χ2n) is 1.67. The number of H-pyrrole nitrogens is 1. The summed E-state index contributed by atoms with van der Waals surface area (Å²) in [5.41, 5.74) is -0.0917. The molecule has 0 bridgehead atoms. The minimum atomic E-state index is -0.0917. The maximum atomic E-state index is 10.7. The van der Waals surface area contributed by atoms with E-state index in [2.05, 4.69) is 9.97 Å². The number of nitrogens with one attached hydrogen (secondary N) is 1. The Morgan fingerprint density at radius 2 is 2.60 bits per heavy atom. The van der Waals surface area contributed by atoms with Crippen molar-refractivity contribution in [1.82, 2.24) is 9.97 Å². The van der Waals surface area contributed by atoms with Gasteiger partial charge in [0.2, 0.25) is 0 Å². The van der Waals surface area contributed by atoms with Gasteiger partial charge in [0.1, 0.15) is 0 Å². The number of hydrogen-bond acceptors (Lipinski definition) is 3. The molecule has 1 aromatic heterocycles. The van der Waals surface area contributed by atoms with Crippen LogP contribution in [0.5, 0.6) is 0 Å². The van der Waals surface area contributed by atoms with Crippen LogP contribution in [0.1, 0.15) is 6.92 Å². The molecule has 54 valence electrons. The van der Waals surface area contributed by atoms with E-state index >= 15 is 0 Å². The second-order valence-corrected chi connectivity index (χ2v) is 2.92. The molecule has 0 amide bonds. The Hall–Kier alpha value is -0.770. The first-order valence-corrected chi connectivity index (χ1v) is 3.99. The molecule has 1 heterocycles. The van der Waals surface area contributed by atoms with Crippen molar-refractivity contribution in [1.29, 1.82) is 0 Å².